The van der Waals surface area contributed by atoms with Gasteiger partial charge in [-0.15, -0.1) is 0 Å². The fourth-order valence-electron chi connectivity index (χ4n) is 6.63. The molecule has 4 heteroatoms. The van der Waals surface area contributed by atoms with Crippen LogP contribution in [0.4, 0.5) is 0 Å². The minimum absolute atomic E-state index is 0.0368. The predicted molar refractivity (Wildman–Crippen MR) is 150 cm³/mol. The van der Waals surface area contributed by atoms with Gasteiger partial charge >= 0.3 is 0 Å². The van der Waals surface area contributed by atoms with Crippen molar-refractivity contribution >= 4 is 5.91 Å². The van der Waals surface area contributed by atoms with E-state index in [1.807, 2.05) is 25.3 Å². The quantitative estimate of drug-likeness (QED) is 0.441. The molecular weight excluding hydrogens is 454 g/mol. The van der Waals surface area contributed by atoms with Crippen LogP contribution in [0.15, 0.2) is 60.8 Å². The summed E-state index contributed by atoms with van der Waals surface area (Å²) >= 11 is 0. The summed E-state index contributed by atoms with van der Waals surface area (Å²) < 4.78 is 0. The van der Waals surface area contributed by atoms with Crippen LogP contribution in [0, 0.1) is 18.8 Å². The van der Waals surface area contributed by atoms with Gasteiger partial charge in [-0.2, -0.15) is 0 Å². The Labute approximate surface area is 221 Å². The molecule has 192 valence electrons. The number of aryl methyl sites for hydroxylation is 1. The number of amides is 1. The normalized spacial score (nSPS) is 24.9. The first kappa shape index (κ1) is 24.4. The van der Waals surface area contributed by atoms with Gasteiger partial charge in [0, 0.05) is 42.1 Å². The van der Waals surface area contributed by atoms with Gasteiger partial charge in [0.2, 0.25) is 0 Å². The number of aromatic nitrogens is 1. The van der Waals surface area contributed by atoms with Crippen LogP contribution in [0.5, 0.6) is 0 Å². The van der Waals surface area contributed by atoms with Crippen molar-refractivity contribution in [2.75, 3.05) is 19.6 Å². The zero-order valence-electron chi connectivity index (χ0n) is 22.5. The van der Waals surface area contributed by atoms with E-state index in [2.05, 4.69) is 71.5 Å². The van der Waals surface area contributed by atoms with Crippen molar-refractivity contribution in [1.82, 2.24) is 15.2 Å². The van der Waals surface area contributed by atoms with Gasteiger partial charge in [-0.25, -0.2) is 0 Å². The lowest BCUT2D eigenvalue weighted by molar-refractivity contribution is 0.0284. The fourth-order valence-corrected chi connectivity index (χ4v) is 6.63. The van der Waals surface area contributed by atoms with Gasteiger partial charge in [0.25, 0.3) is 5.91 Å². The number of nitrogens with zero attached hydrogens (tertiary/aromatic N) is 2. The van der Waals surface area contributed by atoms with Crippen LogP contribution < -0.4 is 5.32 Å². The number of piperidine rings is 1. The highest BCUT2D eigenvalue weighted by Gasteiger charge is 2.49. The molecule has 0 radical (unpaired) electrons. The molecule has 2 aromatic carbocycles. The number of fused-ring (bicyclic) bond motifs is 4. The SMILES string of the molecule is Cc1ccc(-c2ccc(CCNC(=O)c3ccc4c(c3)[C@@]3(C)CCN(CC5CC5)C(C4)[C@@H]3C)cc2)cn1. The van der Waals surface area contributed by atoms with E-state index in [0.717, 1.165) is 41.1 Å². The summed E-state index contributed by atoms with van der Waals surface area (Å²) in [5.41, 5.74) is 8.36. The number of pyridine rings is 1. The van der Waals surface area contributed by atoms with Crippen molar-refractivity contribution in [3.05, 3.63) is 88.7 Å². The Balaban J connectivity index is 1.09. The van der Waals surface area contributed by atoms with Gasteiger partial charge in [-0.3, -0.25) is 14.7 Å². The van der Waals surface area contributed by atoms with Crippen LogP contribution in [-0.2, 0) is 18.3 Å². The second-order valence-electron chi connectivity index (χ2n) is 11.9. The molecule has 2 aliphatic carbocycles. The van der Waals surface area contributed by atoms with Gasteiger partial charge < -0.3 is 5.32 Å². The maximum absolute atomic E-state index is 13.1. The molecule has 1 N–H and O–H groups in total. The molecular formula is C33H39N3O. The average Bonchev–Trinajstić information content (AvgIpc) is 3.73. The lowest BCUT2D eigenvalue weighted by atomic mass is 9.59. The van der Waals surface area contributed by atoms with Gasteiger partial charge in [-0.05, 0) is 103 Å². The Morgan fingerprint density at radius 1 is 1.08 bits per heavy atom. The third-order valence-electron chi connectivity index (χ3n) is 9.47. The number of likely N-dealkylation sites (tertiary alicyclic amines) is 1. The zero-order valence-corrected chi connectivity index (χ0v) is 22.5. The summed E-state index contributed by atoms with van der Waals surface area (Å²) in [5, 5.41) is 3.16. The first-order valence-electron chi connectivity index (χ1n) is 14.1. The smallest absolute Gasteiger partial charge is 0.251 e. The van der Waals surface area contributed by atoms with Gasteiger partial charge in [0.15, 0.2) is 0 Å². The van der Waals surface area contributed by atoms with Crippen LogP contribution in [0.3, 0.4) is 0 Å². The monoisotopic (exact) mass is 493 g/mol. The van der Waals surface area contributed by atoms with Crippen molar-refractivity contribution in [1.29, 1.82) is 0 Å². The molecule has 1 amide bonds. The molecule has 6 rings (SSSR count). The predicted octanol–water partition coefficient (Wildman–Crippen LogP) is 5.96. The summed E-state index contributed by atoms with van der Waals surface area (Å²) in [6.45, 7) is 9.99. The molecule has 4 nitrogen and oxygen atoms in total. The second kappa shape index (κ2) is 9.72. The molecule has 2 heterocycles. The van der Waals surface area contributed by atoms with Crippen molar-refractivity contribution < 1.29 is 4.79 Å². The highest BCUT2D eigenvalue weighted by atomic mass is 16.1. The van der Waals surface area contributed by atoms with E-state index in [4.69, 9.17) is 0 Å². The number of benzene rings is 2. The molecule has 1 aromatic heterocycles. The van der Waals surface area contributed by atoms with Crippen molar-refractivity contribution in [3.63, 3.8) is 0 Å². The molecule has 1 aliphatic heterocycles. The molecule has 1 saturated heterocycles. The standard InChI is InChI=1S/C33H39N3O/c1-22-4-9-29(20-35-22)26-10-7-24(8-11-26)14-16-34-32(37)28-13-12-27-19-31-23(2)33(3,30(27)18-28)15-17-36(31)21-25-5-6-25/h4,7-13,18,20,23,25,31H,5-6,14-17,19,21H2,1-3H3,(H,34,37)/t23-,31?,33-/m0/s1. The fraction of sp³-hybridized carbons (Fsp3) is 0.455. The number of nitrogens with one attached hydrogen (secondary N) is 1. The van der Waals surface area contributed by atoms with Crippen molar-refractivity contribution in [2.45, 2.75) is 64.3 Å². The van der Waals surface area contributed by atoms with E-state index < -0.39 is 0 Å². The molecule has 3 aliphatic rings. The Morgan fingerprint density at radius 2 is 1.86 bits per heavy atom. The average molecular weight is 494 g/mol. The highest BCUT2D eigenvalue weighted by molar-refractivity contribution is 5.94. The molecule has 2 fully saturated rings. The lowest BCUT2D eigenvalue weighted by Crippen LogP contribution is -2.58. The summed E-state index contributed by atoms with van der Waals surface area (Å²) in [6.07, 6.45) is 7.87. The highest BCUT2D eigenvalue weighted by Crippen LogP contribution is 2.49. The Hall–Kier alpha value is -2.98. The minimum Gasteiger partial charge on any atom is -0.352 e. The van der Waals surface area contributed by atoms with Gasteiger partial charge in [-0.1, -0.05) is 50.2 Å². The minimum atomic E-state index is 0.0368. The molecule has 1 unspecified atom stereocenters. The van der Waals surface area contributed by atoms with Crippen LogP contribution in [0.1, 0.15) is 65.9 Å². The van der Waals surface area contributed by atoms with E-state index in [1.165, 1.54) is 49.0 Å². The van der Waals surface area contributed by atoms with E-state index >= 15 is 0 Å². The number of carbonyl (C=O) groups excluding carboxylic acids is 1. The first-order valence-corrected chi connectivity index (χ1v) is 14.1. The van der Waals surface area contributed by atoms with Gasteiger partial charge in [0.1, 0.15) is 0 Å². The largest absolute Gasteiger partial charge is 0.352 e. The van der Waals surface area contributed by atoms with E-state index in [0.29, 0.717) is 18.5 Å². The lowest BCUT2D eigenvalue weighted by Gasteiger charge is -2.55. The van der Waals surface area contributed by atoms with Crippen molar-refractivity contribution in [2.24, 2.45) is 11.8 Å². The van der Waals surface area contributed by atoms with Crippen LogP contribution in [-0.4, -0.2) is 41.5 Å². The van der Waals surface area contributed by atoms with E-state index in [-0.39, 0.29) is 11.3 Å². The first-order chi connectivity index (χ1) is 17.9. The maximum atomic E-state index is 13.1. The zero-order chi connectivity index (χ0) is 25.6. The maximum Gasteiger partial charge on any atom is 0.251 e. The van der Waals surface area contributed by atoms with Crippen molar-refractivity contribution in [3.8, 4) is 11.1 Å². The van der Waals surface area contributed by atoms with E-state index in [1.54, 1.807) is 0 Å². The molecule has 3 atom stereocenters. The number of rotatable bonds is 7. The molecule has 37 heavy (non-hydrogen) atoms. The summed E-state index contributed by atoms with van der Waals surface area (Å²) in [7, 11) is 0. The third-order valence-corrected chi connectivity index (χ3v) is 9.47. The third kappa shape index (κ3) is 4.84. The van der Waals surface area contributed by atoms with Crippen LogP contribution >= 0.6 is 0 Å². The van der Waals surface area contributed by atoms with Crippen LogP contribution in [0.2, 0.25) is 0 Å². The molecule has 2 bridgehead atoms. The summed E-state index contributed by atoms with van der Waals surface area (Å²) in [4.78, 5) is 20.3. The Morgan fingerprint density at radius 3 is 2.59 bits per heavy atom. The number of hydrogen-bond acceptors (Lipinski definition) is 3. The number of carbonyl (C=O) groups is 1. The Bertz CT molecular complexity index is 1280. The summed E-state index contributed by atoms with van der Waals surface area (Å²) in [6, 6.07) is 19.8. The summed E-state index contributed by atoms with van der Waals surface area (Å²) in [5.74, 6) is 1.59. The van der Waals surface area contributed by atoms with E-state index in [9.17, 15) is 4.79 Å². The molecule has 1 saturated carbocycles. The van der Waals surface area contributed by atoms with Crippen LogP contribution in [0.25, 0.3) is 11.1 Å². The Kier molecular flexibility index (Phi) is 6.40. The van der Waals surface area contributed by atoms with Gasteiger partial charge in [0.05, 0.1) is 0 Å². The topological polar surface area (TPSA) is 45.2 Å². The number of hydrogen-bond donors (Lipinski definition) is 1. The second-order valence-corrected chi connectivity index (χ2v) is 11.9. The molecule has 0 spiro atoms. The molecule has 3 aromatic rings.